The normalized spacial score (nSPS) is 27.6. The molecule has 2 atom stereocenters. The topological polar surface area (TPSA) is 33.0 Å². The standard InChI is InChI=1S/C15H19NO/c1-13-7-8-15(11-13,12-16)9-10-17-14-5-3-2-4-6-14/h2-6,13H,7-11H2,1H3. The summed E-state index contributed by atoms with van der Waals surface area (Å²) >= 11 is 0. The predicted molar refractivity (Wildman–Crippen MR) is 67.6 cm³/mol. The highest BCUT2D eigenvalue weighted by Gasteiger charge is 2.37. The van der Waals surface area contributed by atoms with Crippen LogP contribution in [0.4, 0.5) is 0 Å². The highest BCUT2D eigenvalue weighted by atomic mass is 16.5. The van der Waals surface area contributed by atoms with E-state index in [2.05, 4.69) is 13.0 Å². The maximum absolute atomic E-state index is 9.33. The van der Waals surface area contributed by atoms with Crippen LogP contribution in [0, 0.1) is 22.7 Å². The lowest BCUT2D eigenvalue weighted by Crippen LogP contribution is -2.18. The third-order valence-electron chi connectivity index (χ3n) is 3.68. The minimum Gasteiger partial charge on any atom is -0.494 e. The Morgan fingerprint density at radius 3 is 2.76 bits per heavy atom. The van der Waals surface area contributed by atoms with Gasteiger partial charge in [0.1, 0.15) is 5.75 Å². The van der Waals surface area contributed by atoms with Crippen LogP contribution in [-0.2, 0) is 0 Å². The highest BCUT2D eigenvalue weighted by Crippen LogP contribution is 2.43. The van der Waals surface area contributed by atoms with E-state index in [0.717, 1.165) is 25.0 Å². The van der Waals surface area contributed by atoms with Gasteiger partial charge in [0.25, 0.3) is 0 Å². The van der Waals surface area contributed by atoms with Crippen LogP contribution in [0.3, 0.4) is 0 Å². The summed E-state index contributed by atoms with van der Waals surface area (Å²) in [6.45, 7) is 2.88. The van der Waals surface area contributed by atoms with Gasteiger partial charge in [0, 0.05) is 6.42 Å². The number of hydrogen-bond acceptors (Lipinski definition) is 2. The minimum atomic E-state index is -0.131. The molecule has 2 unspecified atom stereocenters. The van der Waals surface area contributed by atoms with E-state index >= 15 is 0 Å². The quantitative estimate of drug-likeness (QED) is 0.787. The Labute approximate surface area is 103 Å². The lowest BCUT2D eigenvalue weighted by molar-refractivity contribution is 0.241. The fourth-order valence-corrected chi connectivity index (χ4v) is 2.66. The molecule has 1 aliphatic rings. The molecule has 1 aliphatic carbocycles. The van der Waals surface area contributed by atoms with E-state index in [1.54, 1.807) is 0 Å². The third-order valence-corrected chi connectivity index (χ3v) is 3.68. The van der Waals surface area contributed by atoms with Crippen molar-refractivity contribution in [1.82, 2.24) is 0 Å². The number of rotatable bonds is 4. The number of ether oxygens (including phenoxy) is 1. The first-order valence-electron chi connectivity index (χ1n) is 6.33. The molecule has 17 heavy (non-hydrogen) atoms. The van der Waals surface area contributed by atoms with E-state index in [1.165, 1.54) is 6.42 Å². The van der Waals surface area contributed by atoms with Crippen LogP contribution in [0.1, 0.15) is 32.6 Å². The molecular formula is C15H19NO. The second-order valence-electron chi connectivity index (χ2n) is 5.15. The van der Waals surface area contributed by atoms with Gasteiger partial charge in [-0.25, -0.2) is 0 Å². The summed E-state index contributed by atoms with van der Waals surface area (Å²) in [5.74, 6) is 1.58. The van der Waals surface area contributed by atoms with E-state index < -0.39 is 0 Å². The molecule has 1 fully saturated rings. The molecule has 2 rings (SSSR count). The Bertz CT molecular complexity index is 395. The molecule has 90 valence electrons. The van der Waals surface area contributed by atoms with Crippen LogP contribution in [0.25, 0.3) is 0 Å². The summed E-state index contributed by atoms with van der Waals surface area (Å²) in [5.41, 5.74) is -0.131. The average molecular weight is 229 g/mol. The lowest BCUT2D eigenvalue weighted by Gasteiger charge is -2.20. The number of hydrogen-bond donors (Lipinski definition) is 0. The fourth-order valence-electron chi connectivity index (χ4n) is 2.66. The molecule has 2 heteroatoms. The Balaban J connectivity index is 1.84. The van der Waals surface area contributed by atoms with Gasteiger partial charge in [-0.15, -0.1) is 0 Å². The SMILES string of the molecule is CC1CCC(C#N)(CCOc2ccccc2)C1. The van der Waals surface area contributed by atoms with Gasteiger partial charge in [-0.2, -0.15) is 5.26 Å². The van der Waals surface area contributed by atoms with Crippen molar-refractivity contribution in [2.24, 2.45) is 11.3 Å². The van der Waals surface area contributed by atoms with Crippen LogP contribution in [0.2, 0.25) is 0 Å². The summed E-state index contributed by atoms with van der Waals surface area (Å²) < 4.78 is 5.68. The van der Waals surface area contributed by atoms with Crippen molar-refractivity contribution in [3.8, 4) is 11.8 Å². The number of nitriles is 1. The second-order valence-corrected chi connectivity index (χ2v) is 5.15. The molecule has 0 amide bonds. The minimum absolute atomic E-state index is 0.131. The monoisotopic (exact) mass is 229 g/mol. The number of para-hydroxylation sites is 1. The predicted octanol–water partition coefficient (Wildman–Crippen LogP) is 3.79. The Hall–Kier alpha value is -1.49. The molecule has 0 saturated heterocycles. The lowest BCUT2D eigenvalue weighted by atomic mass is 9.84. The van der Waals surface area contributed by atoms with Gasteiger partial charge in [-0.3, -0.25) is 0 Å². The van der Waals surface area contributed by atoms with Gasteiger partial charge in [-0.05, 0) is 37.3 Å². The Morgan fingerprint density at radius 2 is 2.18 bits per heavy atom. The second kappa shape index (κ2) is 5.23. The van der Waals surface area contributed by atoms with Crippen molar-refractivity contribution >= 4 is 0 Å². The average Bonchev–Trinajstić information content (AvgIpc) is 2.73. The van der Waals surface area contributed by atoms with Crippen LogP contribution >= 0.6 is 0 Å². The molecule has 0 aliphatic heterocycles. The zero-order chi connectivity index (χ0) is 12.1. The smallest absolute Gasteiger partial charge is 0.119 e. The van der Waals surface area contributed by atoms with Crippen molar-refractivity contribution in [3.63, 3.8) is 0 Å². The summed E-state index contributed by atoms with van der Waals surface area (Å²) in [6, 6.07) is 12.3. The van der Waals surface area contributed by atoms with Crippen LogP contribution in [-0.4, -0.2) is 6.61 Å². The maximum Gasteiger partial charge on any atom is 0.119 e. The van der Waals surface area contributed by atoms with E-state index in [1.807, 2.05) is 30.3 Å². The molecular weight excluding hydrogens is 210 g/mol. The van der Waals surface area contributed by atoms with Gasteiger partial charge in [0.15, 0.2) is 0 Å². The summed E-state index contributed by atoms with van der Waals surface area (Å²) in [4.78, 5) is 0. The van der Waals surface area contributed by atoms with E-state index in [0.29, 0.717) is 12.5 Å². The summed E-state index contributed by atoms with van der Waals surface area (Å²) in [6.07, 6.45) is 4.09. The van der Waals surface area contributed by atoms with Gasteiger partial charge >= 0.3 is 0 Å². The molecule has 1 aromatic rings. The maximum atomic E-state index is 9.33. The number of benzene rings is 1. The highest BCUT2D eigenvalue weighted by molar-refractivity contribution is 5.20. The number of nitrogens with zero attached hydrogens (tertiary/aromatic N) is 1. The first-order valence-corrected chi connectivity index (χ1v) is 6.33. The molecule has 0 radical (unpaired) electrons. The molecule has 0 heterocycles. The third kappa shape index (κ3) is 3.00. The van der Waals surface area contributed by atoms with Crippen molar-refractivity contribution < 1.29 is 4.74 Å². The Kier molecular flexibility index (Phi) is 3.68. The first-order chi connectivity index (χ1) is 8.24. The van der Waals surface area contributed by atoms with E-state index in [-0.39, 0.29) is 5.41 Å². The van der Waals surface area contributed by atoms with Crippen molar-refractivity contribution in [2.75, 3.05) is 6.61 Å². The molecule has 0 spiro atoms. The summed E-state index contributed by atoms with van der Waals surface area (Å²) in [7, 11) is 0. The molecule has 1 saturated carbocycles. The van der Waals surface area contributed by atoms with Gasteiger partial charge in [-0.1, -0.05) is 25.1 Å². The van der Waals surface area contributed by atoms with Crippen LogP contribution in [0.5, 0.6) is 5.75 Å². The first kappa shape index (κ1) is 12.0. The van der Waals surface area contributed by atoms with Gasteiger partial charge in [0.2, 0.25) is 0 Å². The molecule has 2 nitrogen and oxygen atoms in total. The van der Waals surface area contributed by atoms with E-state index in [9.17, 15) is 5.26 Å². The van der Waals surface area contributed by atoms with Crippen molar-refractivity contribution in [3.05, 3.63) is 30.3 Å². The van der Waals surface area contributed by atoms with Gasteiger partial charge < -0.3 is 4.74 Å². The fraction of sp³-hybridized carbons (Fsp3) is 0.533. The van der Waals surface area contributed by atoms with Crippen molar-refractivity contribution in [2.45, 2.75) is 32.6 Å². The largest absolute Gasteiger partial charge is 0.494 e. The molecule has 0 N–H and O–H groups in total. The zero-order valence-corrected chi connectivity index (χ0v) is 10.4. The van der Waals surface area contributed by atoms with Crippen molar-refractivity contribution in [1.29, 1.82) is 5.26 Å². The Morgan fingerprint density at radius 1 is 1.41 bits per heavy atom. The van der Waals surface area contributed by atoms with Crippen LogP contribution < -0.4 is 4.74 Å². The van der Waals surface area contributed by atoms with Gasteiger partial charge in [0.05, 0.1) is 18.1 Å². The summed E-state index contributed by atoms with van der Waals surface area (Å²) in [5, 5.41) is 9.33. The molecule has 1 aromatic carbocycles. The molecule has 0 bridgehead atoms. The zero-order valence-electron chi connectivity index (χ0n) is 10.4. The van der Waals surface area contributed by atoms with E-state index in [4.69, 9.17) is 4.74 Å². The molecule has 0 aromatic heterocycles. The van der Waals surface area contributed by atoms with Crippen LogP contribution in [0.15, 0.2) is 30.3 Å².